The maximum Gasteiger partial charge on any atom is 0.165 e. The van der Waals surface area contributed by atoms with Crippen LogP contribution in [0.25, 0.3) is 0 Å². The highest BCUT2D eigenvalue weighted by molar-refractivity contribution is 5.33. The van der Waals surface area contributed by atoms with Crippen molar-refractivity contribution >= 4 is 0 Å². The minimum atomic E-state index is -1.15. The van der Waals surface area contributed by atoms with Gasteiger partial charge in [0.15, 0.2) is 11.6 Å². The summed E-state index contributed by atoms with van der Waals surface area (Å²) in [5.74, 6) is -0.0392. The molecule has 0 radical (unpaired) electrons. The Morgan fingerprint density at radius 1 is 0.950 bits per heavy atom. The molecule has 4 aliphatic rings. The number of aliphatic hydroxyl groups is 1. The van der Waals surface area contributed by atoms with E-state index in [2.05, 4.69) is 0 Å². The summed E-state index contributed by atoms with van der Waals surface area (Å²) in [5.41, 5.74) is -0.639. The van der Waals surface area contributed by atoms with Crippen molar-refractivity contribution in [3.63, 3.8) is 0 Å². The minimum Gasteiger partial charge on any atom is -0.384 e. The molecule has 0 amide bonds. The summed E-state index contributed by atoms with van der Waals surface area (Å²) in [6.45, 7) is 1.56. The average molecular weight is 278 g/mol. The van der Waals surface area contributed by atoms with E-state index in [9.17, 15) is 13.9 Å². The molecule has 0 heterocycles. The molecule has 3 heteroatoms. The van der Waals surface area contributed by atoms with Gasteiger partial charge in [-0.15, -0.1) is 0 Å². The lowest BCUT2D eigenvalue weighted by atomic mass is 9.48. The SMILES string of the molecule is Cc1ccc(C2(O)C3CC4CC(C3)CC2C4)c(F)c1F. The molecule has 4 aliphatic carbocycles. The second-order valence-electron chi connectivity index (χ2n) is 7.19. The molecule has 108 valence electrons. The maximum absolute atomic E-state index is 14.4. The summed E-state index contributed by atoms with van der Waals surface area (Å²) in [5, 5.41) is 11.2. The lowest BCUT2D eigenvalue weighted by Crippen LogP contribution is -2.56. The quantitative estimate of drug-likeness (QED) is 0.825. The Kier molecular flexibility index (Phi) is 2.57. The summed E-state index contributed by atoms with van der Waals surface area (Å²) in [7, 11) is 0. The van der Waals surface area contributed by atoms with Gasteiger partial charge in [-0.05, 0) is 68.3 Å². The van der Waals surface area contributed by atoms with Gasteiger partial charge in [0.05, 0.1) is 5.60 Å². The zero-order valence-corrected chi connectivity index (χ0v) is 11.7. The maximum atomic E-state index is 14.4. The van der Waals surface area contributed by atoms with E-state index in [1.165, 1.54) is 6.42 Å². The van der Waals surface area contributed by atoms with Gasteiger partial charge in [-0.1, -0.05) is 12.1 Å². The highest BCUT2D eigenvalue weighted by atomic mass is 19.2. The van der Waals surface area contributed by atoms with Crippen molar-refractivity contribution in [2.45, 2.75) is 44.6 Å². The molecular weight excluding hydrogens is 258 g/mol. The Hall–Kier alpha value is -0.960. The van der Waals surface area contributed by atoms with Crippen molar-refractivity contribution < 1.29 is 13.9 Å². The molecule has 0 saturated heterocycles. The highest BCUT2D eigenvalue weighted by Gasteiger charge is 2.58. The van der Waals surface area contributed by atoms with Gasteiger partial charge < -0.3 is 5.11 Å². The summed E-state index contributed by atoms with van der Waals surface area (Å²) in [6.07, 6.45) is 5.15. The van der Waals surface area contributed by atoms with E-state index in [1.807, 2.05) is 0 Å². The van der Waals surface area contributed by atoms with E-state index in [-0.39, 0.29) is 17.4 Å². The summed E-state index contributed by atoms with van der Waals surface area (Å²) >= 11 is 0. The van der Waals surface area contributed by atoms with Gasteiger partial charge in [0.25, 0.3) is 0 Å². The van der Waals surface area contributed by atoms with Crippen LogP contribution < -0.4 is 0 Å². The molecule has 0 aliphatic heterocycles. The topological polar surface area (TPSA) is 20.2 Å². The van der Waals surface area contributed by atoms with Crippen molar-refractivity contribution in [2.75, 3.05) is 0 Å². The van der Waals surface area contributed by atoms with Gasteiger partial charge in [0.2, 0.25) is 0 Å². The predicted molar refractivity (Wildman–Crippen MR) is 72.0 cm³/mol. The second-order valence-corrected chi connectivity index (χ2v) is 7.19. The highest BCUT2D eigenvalue weighted by Crippen LogP contribution is 2.62. The zero-order chi connectivity index (χ0) is 14.1. The van der Waals surface area contributed by atoms with Crippen LogP contribution in [0.5, 0.6) is 0 Å². The first-order valence-corrected chi connectivity index (χ1v) is 7.67. The van der Waals surface area contributed by atoms with Gasteiger partial charge >= 0.3 is 0 Å². The van der Waals surface area contributed by atoms with Crippen LogP contribution >= 0.6 is 0 Å². The van der Waals surface area contributed by atoms with Crippen LogP contribution in [0.2, 0.25) is 0 Å². The van der Waals surface area contributed by atoms with Gasteiger partial charge in [-0.25, -0.2) is 8.78 Å². The average Bonchev–Trinajstić information content (AvgIpc) is 2.41. The summed E-state index contributed by atoms with van der Waals surface area (Å²) < 4.78 is 28.3. The van der Waals surface area contributed by atoms with E-state index >= 15 is 0 Å². The predicted octanol–water partition coefficient (Wildman–Crippen LogP) is 3.92. The fraction of sp³-hybridized carbons (Fsp3) is 0.647. The first-order chi connectivity index (χ1) is 9.50. The van der Waals surface area contributed by atoms with Crippen LogP contribution in [0.4, 0.5) is 8.78 Å². The molecule has 5 rings (SSSR count). The van der Waals surface area contributed by atoms with Gasteiger partial charge in [0, 0.05) is 5.56 Å². The molecule has 0 spiro atoms. The van der Waals surface area contributed by atoms with Crippen LogP contribution in [0.3, 0.4) is 0 Å². The Balaban J connectivity index is 1.83. The third-order valence-electron chi connectivity index (χ3n) is 6.09. The minimum absolute atomic E-state index is 0.107. The molecular formula is C17H20F2O. The first kappa shape index (κ1) is 12.8. The third kappa shape index (κ3) is 1.50. The van der Waals surface area contributed by atoms with Gasteiger partial charge in [0.1, 0.15) is 0 Å². The molecule has 4 saturated carbocycles. The smallest absolute Gasteiger partial charge is 0.165 e. The Labute approximate surface area is 118 Å². The molecule has 0 unspecified atom stereocenters. The fourth-order valence-corrected chi connectivity index (χ4v) is 5.30. The Morgan fingerprint density at radius 3 is 2.05 bits per heavy atom. The molecule has 4 fully saturated rings. The lowest BCUT2D eigenvalue weighted by molar-refractivity contribution is -0.181. The fourth-order valence-electron chi connectivity index (χ4n) is 5.30. The largest absolute Gasteiger partial charge is 0.384 e. The van der Waals surface area contributed by atoms with Crippen molar-refractivity contribution in [3.8, 4) is 0 Å². The number of aryl methyl sites for hydroxylation is 1. The molecule has 1 N–H and O–H groups in total. The number of hydrogen-bond acceptors (Lipinski definition) is 1. The number of halogens is 2. The lowest BCUT2D eigenvalue weighted by Gasteiger charge is -2.59. The molecule has 1 aromatic rings. The summed E-state index contributed by atoms with van der Waals surface area (Å²) in [6, 6.07) is 3.20. The molecule has 1 nitrogen and oxygen atoms in total. The van der Waals surface area contributed by atoms with E-state index in [0.29, 0.717) is 17.4 Å². The molecule has 4 bridgehead atoms. The van der Waals surface area contributed by atoms with Gasteiger partial charge in [-0.3, -0.25) is 0 Å². The van der Waals surface area contributed by atoms with Crippen molar-refractivity contribution in [1.29, 1.82) is 0 Å². The molecule has 1 aromatic carbocycles. The van der Waals surface area contributed by atoms with Crippen LogP contribution in [0.15, 0.2) is 12.1 Å². The van der Waals surface area contributed by atoms with Crippen LogP contribution in [-0.2, 0) is 5.60 Å². The van der Waals surface area contributed by atoms with Crippen LogP contribution in [0.1, 0.15) is 43.2 Å². The van der Waals surface area contributed by atoms with E-state index in [1.54, 1.807) is 19.1 Å². The van der Waals surface area contributed by atoms with Crippen molar-refractivity contribution in [2.24, 2.45) is 23.7 Å². The van der Waals surface area contributed by atoms with E-state index in [4.69, 9.17) is 0 Å². The van der Waals surface area contributed by atoms with Crippen LogP contribution in [0, 0.1) is 42.2 Å². The molecule has 0 aromatic heterocycles. The Bertz CT molecular complexity index is 538. The molecule has 20 heavy (non-hydrogen) atoms. The standard InChI is InChI=1S/C17H20F2O/c1-9-2-3-14(16(19)15(9)18)17(20)12-5-10-4-11(7-12)8-13(17)6-10/h2-3,10-13,20H,4-8H2,1H3. The number of benzene rings is 1. The van der Waals surface area contributed by atoms with E-state index in [0.717, 1.165) is 25.7 Å². The van der Waals surface area contributed by atoms with Crippen molar-refractivity contribution in [1.82, 2.24) is 0 Å². The first-order valence-electron chi connectivity index (χ1n) is 7.67. The third-order valence-corrected chi connectivity index (χ3v) is 6.09. The normalized spacial score (nSPS) is 42.2. The van der Waals surface area contributed by atoms with Crippen LogP contribution in [-0.4, -0.2) is 5.11 Å². The molecule has 0 atom stereocenters. The van der Waals surface area contributed by atoms with Gasteiger partial charge in [-0.2, -0.15) is 0 Å². The number of rotatable bonds is 1. The zero-order valence-electron chi connectivity index (χ0n) is 11.7. The van der Waals surface area contributed by atoms with E-state index < -0.39 is 17.2 Å². The monoisotopic (exact) mass is 278 g/mol. The Morgan fingerprint density at radius 2 is 1.50 bits per heavy atom. The second kappa shape index (κ2) is 4.03. The number of hydrogen-bond donors (Lipinski definition) is 1. The summed E-state index contributed by atoms with van der Waals surface area (Å²) in [4.78, 5) is 0. The van der Waals surface area contributed by atoms with Crippen molar-refractivity contribution in [3.05, 3.63) is 34.9 Å².